The van der Waals surface area contributed by atoms with Gasteiger partial charge in [0.05, 0.1) is 19.3 Å². The van der Waals surface area contributed by atoms with Gasteiger partial charge < -0.3 is 19.1 Å². The largest absolute Gasteiger partial charge is 0.486 e. The summed E-state index contributed by atoms with van der Waals surface area (Å²) in [6, 6.07) is 0.0453. The highest BCUT2D eigenvalue weighted by Gasteiger charge is 2.49. The van der Waals surface area contributed by atoms with Crippen LogP contribution < -0.4 is 9.64 Å². The van der Waals surface area contributed by atoms with Gasteiger partial charge >= 0.3 is 0 Å². The van der Waals surface area contributed by atoms with Crippen molar-refractivity contribution in [2.75, 3.05) is 50.7 Å². The number of anilines is 1. The first kappa shape index (κ1) is 17.3. The van der Waals surface area contributed by atoms with Crippen LogP contribution in [0.4, 0.5) is 5.82 Å². The van der Waals surface area contributed by atoms with Crippen molar-refractivity contribution in [2.45, 2.75) is 23.6 Å². The molecule has 10 heteroatoms. The molecule has 2 fully saturated rings. The molecule has 0 spiro atoms. The second-order valence-electron chi connectivity index (χ2n) is 6.61. The fraction of sp³-hybridized carbons (Fsp3) is 0.733. The second-order valence-corrected chi connectivity index (χ2v) is 9.27. The van der Waals surface area contributed by atoms with Crippen LogP contribution in [0.3, 0.4) is 0 Å². The monoisotopic (exact) mass is 389 g/mol. The standard InChI is InChI=1S/C15H20ClN3O5S/c1-25(20,21)15(2-5-22-6-3-15)12-11-13(18-14(16)17-12)19-4-7-23-8-10(19)9-24-11/h10H,2-9H2,1H3/t10-/m1/s1. The number of aromatic nitrogens is 2. The molecule has 1 aromatic heterocycles. The predicted molar refractivity (Wildman–Crippen MR) is 91.1 cm³/mol. The van der Waals surface area contributed by atoms with Crippen LogP contribution in [0.5, 0.6) is 5.75 Å². The molecule has 25 heavy (non-hydrogen) atoms. The van der Waals surface area contributed by atoms with Crippen LogP contribution in [0.2, 0.25) is 5.28 Å². The first-order chi connectivity index (χ1) is 11.9. The lowest BCUT2D eigenvalue weighted by Gasteiger charge is -2.42. The van der Waals surface area contributed by atoms with Crippen molar-refractivity contribution in [3.05, 3.63) is 11.0 Å². The summed E-state index contributed by atoms with van der Waals surface area (Å²) in [6.45, 7) is 2.89. The maximum Gasteiger partial charge on any atom is 0.224 e. The molecule has 0 bridgehead atoms. The third-order valence-corrected chi connectivity index (χ3v) is 7.37. The smallest absolute Gasteiger partial charge is 0.224 e. The predicted octanol–water partition coefficient (Wildman–Crippen LogP) is 0.778. The van der Waals surface area contributed by atoms with Crippen LogP contribution in [0.1, 0.15) is 18.5 Å². The lowest BCUT2D eigenvalue weighted by atomic mass is 9.93. The van der Waals surface area contributed by atoms with Gasteiger partial charge in [-0.25, -0.2) is 13.4 Å². The minimum Gasteiger partial charge on any atom is -0.486 e. The summed E-state index contributed by atoms with van der Waals surface area (Å²) in [5.41, 5.74) is 0.359. The van der Waals surface area contributed by atoms with Crippen molar-refractivity contribution < 1.29 is 22.6 Å². The molecule has 1 atom stereocenters. The minimum atomic E-state index is -3.47. The third kappa shape index (κ3) is 2.77. The van der Waals surface area contributed by atoms with E-state index in [9.17, 15) is 8.42 Å². The van der Waals surface area contributed by atoms with E-state index < -0.39 is 14.6 Å². The molecule has 3 aliphatic rings. The van der Waals surface area contributed by atoms with Gasteiger partial charge in [0.1, 0.15) is 17.0 Å². The quantitative estimate of drug-likeness (QED) is 0.685. The Morgan fingerprint density at radius 1 is 1.16 bits per heavy atom. The Labute approximate surface area is 151 Å². The van der Waals surface area contributed by atoms with E-state index in [4.69, 9.17) is 25.8 Å². The number of morpholine rings is 1. The van der Waals surface area contributed by atoms with Gasteiger partial charge in [-0.1, -0.05) is 0 Å². The molecule has 8 nitrogen and oxygen atoms in total. The maximum atomic E-state index is 12.7. The summed E-state index contributed by atoms with van der Waals surface area (Å²) in [4.78, 5) is 10.7. The highest BCUT2D eigenvalue weighted by atomic mass is 35.5. The molecule has 0 aliphatic carbocycles. The van der Waals surface area contributed by atoms with Gasteiger partial charge in [0, 0.05) is 26.0 Å². The molecule has 4 rings (SSSR count). The van der Waals surface area contributed by atoms with Crippen LogP contribution in [-0.4, -0.2) is 70.3 Å². The number of nitrogens with zero attached hydrogens (tertiary/aromatic N) is 3. The van der Waals surface area contributed by atoms with Crippen molar-refractivity contribution in [3.8, 4) is 5.75 Å². The summed E-state index contributed by atoms with van der Waals surface area (Å²) in [6.07, 6.45) is 1.88. The Hall–Kier alpha value is -1.16. The van der Waals surface area contributed by atoms with Crippen LogP contribution in [0.25, 0.3) is 0 Å². The second kappa shape index (κ2) is 6.22. The van der Waals surface area contributed by atoms with Crippen molar-refractivity contribution in [3.63, 3.8) is 0 Å². The third-order valence-electron chi connectivity index (χ3n) is 5.18. The highest BCUT2D eigenvalue weighted by Crippen LogP contribution is 2.47. The van der Waals surface area contributed by atoms with Gasteiger partial charge in [-0.3, -0.25) is 0 Å². The lowest BCUT2D eigenvalue weighted by Crippen LogP contribution is -2.52. The first-order valence-corrected chi connectivity index (χ1v) is 10.5. The van der Waals surface area contributed by atoms with E-state index >= 15 is 0 Å². The number of hydrogen-bond donors (Lipinski definition) is 0. The van der Waals surface area contributed by atoms with Crippen LogP contribution >= 0.6 is 11.6 Å². The number of ether oxygens (including phenoxy) is 3. The van der Waals surface area contributed by atoms with E-state index in [1.54, 1.807) is 0 Å². The fourth-order valence-electron chi connectivity index (χ4n) is 3.78. The molecule has 3 aliphatic heterocycles. The lowest BCUT2D eigenvalue weighted by molar-refractivity contribution is 0.0639. The molecule has 1 aromatic rings. The molecule has 4 heterocycles. The zero-order chi connectivity index (χ0) is 17.7. The average Bonchev–Trinajstić information content (AvgIpc) is 2.60. The normalized spacial score (nSPS) is 25.7. The Bertz CT molecular complexity index is 782. The Balaban J connectivity index is 1.89. The van der Waals surface area contributed by atoms with Crippen molar-refractivity contribution in [1.29, 1.82) is 0 Å². The fourth-order valence-corrected chi connectivity index (χ4v) is 5.35. The Kier molecular flexibility index (Phi) is 4.30. The molecule has 0 aromatic carbocycles. The molecule has 138 valence electrons. The summed E-state index contributed by atoms with van der Waals surface area (Å²) < 4.78 is 41.1. The van der Waals surface area contributed by atoms with Crippen molar-refractivity contribution in [2.24, 2.45) is 0 Å². The number of sulfone groups is 1. The van der Waals surface area contributed by atoms with Gasteiger partial charge in [-0.05, 0) is 24.4 Å². The maximum absolute atomic E-state index is 12.7. The Morgan fingerprint density at radius 2 is 1.92 bits per heavy atom. The average molecular weight is 390 g/mol. The number of halogens is 1. The topological polar surface area (TPSA) is 90.9 Å². The van der Waals surface area contributed by atoms with Crippen LogP contribution in [0, 0.1) is 0 Å². The number of hydrogen-bond acceptors (Lipinski definition) is 8. The molecule has 0 radical (unpaired) electrons. The summed E-state index contributed by atoms with van der Waals surface area (Å²) in [7, 11) is -3.47. The SMILES string of the molecule is CS(=O)(=O)C1(c2nc(Cl)nc3c2OC[C@H]2COCCN32)CCOCC1. The summed E-state index contributed by atoms with van der Waals surface area (Å²) >= 11 is 6.18. The van der Waals surface area contributed by atoms with Gasteiger partial charge in [0.25, 0.3) is 0 Å². The van der Waals surface area contributed by atoms with Crippen molar-refractivity contribution >= 4 is 27.3 Å². The number of fused-ring (bicyclic) bond motifs is 3. The van der Waals surface area contributed by atoms with E-state index in [1.807, 2.05) is 0 Å². The molecular weight excluding hydrogens is 370 g/mol. The molecular formula is C15H20ClN3O5S. The van der Waals surface area contributed by atoms with Gasteiger partial charge in [-0.2, -0.15) is 4.98 Å². The van der Waals surface area contributed by atoms with Crippen LogP contribution in [0.15, 0.2) is 0 Å². The summed E-state index contributed by atoms with van der Waals surface area (Å²) in [5, 5.41) is 0.0269. The molecule has 2 saturated heterocycles. The Morgan fingerprint density at radius 3 is 2.64 bits per heavy atom. The summed E-state index contributed by atoms with van der Waals surface area (Å²) in [5.74, 6) is 0.985. The van der Waals surface area contributed by atoms with Gasteiger partial charge in [0.15, 0.2) is 21.4 Å². The van der Waals surface area contributed by atoms with E-state index in [2.05, 4.69) is 14.9 Å². The van der Waals surface area contributed by atoms with E-state index in [1.165, 1.54) is 6.26 Å². The highest BCUT2D eigenvalue weighted by molar-refractivity contribution is 7.91. The zero-order valence-corrected chi connectivity index (χ0v) is 15.5. The van der Waals surface area contributed by atoms with E-state index in [0.717, 1.165) is 0 Å². The molecule has 0 N–H and O–H groups in total. The van der Waals surface area contributed by atoms with Crippen LogP contribution in [-0.2, 0) is 24.1 Å². The van der Waals surface area contributed by atoms with E-state index in [-0.39, 0.29) is 11.3 Å². The zero-order valence-electron chi connectivity index (χ0n) is 13.9. The molecule has 0 unspecified atom stereocenters. The van der Waals surface area contributed by atoms with Crippen molar-refractivity contribution in [1.82, 2.24) is 9.97 Å². The molecule has 0 amide bonds. The van der Waals surface area contributed by atoms with E-state index in [0.29, 0.717) is 69.7 Å². The molecule has 0 saturated carbocycles. The minimum absolute atomic E-state index is 0.0269. The first-order valence-electron chi connectivity index (χ1n) is 8.25. The van der Waals surface area contributed by atoms with Gasteiger partial charge in [0.2, 0.25) is 5.28 Å². The number of rotatable bonds is 2. The van der Waals surface area contributed by atoms with Gasteiger partial charge in [-0.15, -0.1) is 0 Å².